The second kappa shape index (κ2) is 7.94. The highest BCUT2D eigenvalue weighted by Crippen LogP contribution is 2.48. The zero-order chi connectivity index (χ0) is 27.3. The van der Waals surface area contributed by atoms with Crippen LogP contribution in [-0.2, 0) is 16.2 Å². The predicted molar refractivity (Wildman–Crippen MR) is 166 cm³/mol. The fraction of sp³-hybridized carbons (Fsp3) is 0.324. The van der Waals surface area contributed by atoms with E-state index in [4.69, 9.17) is 9.40 Å². The van der Waals surface area contributed by atoms with E-state index < -0.39 is 0 Å². The minimum atomic E-state index is 0.0375. The van der Waals surface area contributed by atoms with Crippen molar-refractivity contribution in [3.63, 3.8) is 0 Å². The number of hydrogen-bond acceptors (Lipinski definition) is 2. The van der Waals surface area contributed by atoms with Gasteiger partial charge in [-0.3, -0.25) is 4.98 Å². The highest BCUT2D eigenvalue weighted by atomic mass is 16.3. The molecule has 6 aromatic rings. The molecule has 0 saturated heterocycles. The van der Waals surface area contributed by atoms with Crippen LogP contribution < -0.4 is 0 Å². The zero-order valence-corrected chi connectivity index (χ0v) is 24.2. The summed E-state index contributed by atoms with van der Waals surface area (Å²) in [4.78, 5) is 4.93. The maximum absolute atomic E-state index is 6.48. The minimum Gasteiger partial charge on any atom is -0.456 e. The molecule has 4 aromatic carbocycles. The molecule has 0 bridgehead atoms. The molecule has 0 saturated carbocycles. The Morgan fingerprint density at radius 3 is 2.08 bits per heavy atom. The van der Waals surface area contributed by atoms with Crippen LogP contribution in [0.25, 0.3) is 54.7 Å². The number of benzene rings is 4. The molecule has 2 aromatic heterocycles. The molecule has 2 heteroatoms. The summed E-state index contributed by atoms with van der Waals surface area (Å²) >= 11 is 0. The van der Waals surface area contributed by atoms with Crippen molar-refractivity contribution >= 4 is 43.5 Å². The van der Waals surface area contributed by atoms with E-state index in [0.29, 0.717) is 0 Å². The van der Waals surface area contributed by atoms with Crippen molar-refractivity contribution in [3.05, 3.63) is 89.6 Å². The van der Waals surface area contributed by atoms with Gasteiger partial charge in [-0.25, -0.2) is 0 Å². The molecule has 2 nitrogen and oxygen atoms in total. The molecule has 0 radical (unpaired) electrons. The average molecular weight is 512 g/mol. The first-order valence-electron chi connectivity index (χ1n) is 14.3. The largest absolute Gasteiger partial charge is 0.456 e. The lowest BCUT2D eigenvalue weighted by Gasteiger charge is -2.41. The maximum atomic E-state index is 6.48. The lowest BCUT2D eigenvalue weighted by Crippen LogP contribution is -2.33. The van der Waals surface area contributed by atoms with E-state index in [0.717, 1.165) is 27.8 Å². The summed E-state index contributed by atoms with van der Waals surface area (Å²) in [6, 6.07) is 24.8. The molecule has 196 valence electrons. The number of furan rings is 1. The van der Waals surface area contributed by atoms with Gasteiger partial charge in [0, 0.05) is 27.9 Å². The van der Waals surface area contributed by atoms with Gasteiger partial charge >= 0.3 is 0 Å². The minimum absolute atomic E-state index is 0.0375. The number of hydrogen-bond donors (Lipinski definition) is 0. The zero-order valence-electron chi connectivity index (χ0n) is 24.2. The Kier molecular flexibility index (Phi) is 4.97. The molecule has 0 atom stereocenters. The standard InChI is InChI=1S/C37H37NO/c1-35(2,3)29-16-24(14-22-10-8-9-11-26(22)29)32-17-23-15-27-28-19-30-31(37(6,7)13-12-36(30,4)5)20-34(28)39-33(27)18-25(23)21-38-32/h8-11,14-21H,12-13H2,1-7H3. The molecule has 0 fully saturated rings. The van der Waals surface area contributed by atoms with Crippen LogP contribution in [0.3, 0.4) is 0 Å². The van der Waals surface area contributed by atoms with E-state index in [1.165, 1.54) is 56.5 Å². The first-order chi connectivity index (χ1) is 18.4. The smallest absolute Gasteiger partial charge is 0.136 e. The molecule has 0 spiro atoms. The molecule has 0 unspecified atom stereocenters. The second-order valence-corrected chi connectivity index (χ2v) is 14.0. The van der Waals surface area contributed by atoms with Crippen molar-refractivity contribution in [3.8, 4) is 11.3 Å². The Balaban J connectivity index is 1.44. The Morgan fingerprint density at radius 1 is 0.667 bits per heavy atom. The summed E-state index contributed by atoms with van der Waals surface area (Å²) in [5.74, 6) is 0. The van der Waals surface area contributed by atoms with Crippen molar-refractivity contribution in [1.29, 1.82) is 0 Å². The van der Waals surface area contributed by atoms with Gasteiger partial charge < -0.3 is 4.42 Å². The molecular weight excluding hydrogens is 474 g/mol. The molecule has 39 heavy (non-hydrogen) atoms. The number of fused-ring (bicyclic) bond motifs is 6. The summed E-state index contributed by atoms with van der Waals surface area (Å²) in [7, 11) is 0. The van der Waals surface area contributed by atoms with E-state index >= 15 is 0 Å². The van der Waals surface area contributed by atoms with Gasteiger partial charge in [0.1, 0.15) is 11.2 Å². The van der Waals surface area contributed by atoms with Crippen molar-refractivity contribution in [2.45, 2.75) is 77.6 Å². The predicted octanol–water partition coefficient (Wildman–Crippen LogP) is 10.6. The van der Waals surface area contributed by atoms with Gasteiger partial charge in [0.05, 0.1) is 5.69 Å². The van der Waals surface area contributed by atoms with Crippen molar-refractivity contribution in [2.24, 2.45) is 0 Å². The van der Waals surface area contributed by atoms with Crippen molar-refractivity contribution < 1.29 is 4.42 Å². The van der Waals surface area contributed by atoms with E-state index in [2.05, 4.69) is 115 Å². The van der Waals surface area contributed by atoms with Gasteiger partial charge in [-0.2, -0.15) is 0 Å². The highest BCUT2D eigenvalue weighted by Gasteiger charge is 2.37. The first kappa shape index (κ1) is 24.4. The second-order valence-electron chi connectivity index (χ2n) is 14.0. The first-order valence-corrected chi connectivity index (χ1v) is 14.3. The lowest BCUT2D eigenvalue weighted by molar-refractivity contribution is 0.332. The Hall–Kier alpha value is -3.65. The Morgan fingerprint density at radius 2 is 1.33 bits per heavy atom. The monoisotopic (exact) mass is 511 g/mol. The molecule has 1 aliphatic rings. The summed E-state index contributed by atoms with van der Waals surface area (Å²) < 4.78 is 6.48. The van der Waals surface area contributed by atoms with E-state index in [9.17, 15) is 0 Å². The van der Waals surface area contributed by atoms with Gasteiger partial charge in [0.2, 0.25) is 0 Å². The SMILES string of the molecule is CC(C)(C)c1cc(-c2cc3cc4c(cc3cn2)oc2cc3c(cc24)C(C)(C)CCC3(C)C)cc2ccccc12. The van der Waals surface area contributed by atoms with Gasteiger partial charge in [-0.15, -0.1) is 0 Å². The van der Waals surface area contributed by atoms with Gasteiger partial charge in [-0.05, 0) is 104 Å². The fourth-order valence-corrected chi connectivity index (χ4v) is 6.71. The number of aromatic nitrogens is 1. The van der Waals surface area contributed by atoms with Crippen LogP contribution in [0.1, 0.15) is 78.0 Å². The number of rotatable bonds is 1. The van der Waals surface area contributed by atoms with Crippen molar-refractivity contribution in [2.75, 3.05) is 0 Å². The topological polar surface area (TPSA) is 26.0 Å². The summed E-state index contributed by atoms with van der Waals surface area (Å²) in [5, 5.41) is 7.27. The normalized spacial score (nSPS) is 16.8. The third-order valence-corrected chi connectivity index (χ3v) is 9.25. The highest BCUT2D eigenvalue weighted by molar-refractivity contribution is 6.10. The van der Waals surface area contributed by atoms with Crippen LogP contribution in [0.2, 0.25) is 0 Å². The molecule has 2 heterocycles. The fourth-order valence-electron chi connectivity index (χ4n) is 6.71. The molecule has 0 aliphatic heterocycles. The molecule has 0 N–H and O–H groups in total. The Bertz CT molecular complexity index is 1940. The summed E-state index contributed by atoms with van der Waals surface area (Å²) in [6.07, 6.45) is 4.40. The average Bonchev–Trinajstić information content (AvgIpc) is 3.24. The van der Waals surface area contributed by atoms with E-state index in [-0.39, 0.29) is 16.2 Å². The van der Waals surface area contributed by atoms with Crippen LogP contribution in [-0.4, -0.2) is 4.98 Å². The van der Waals surface area contributed by atoms with Crippen LogP contribution in [0.15, 0.2) is 77.3 Å². The van der Waals surface area contributed by atoms with Crippen LogP contribution in [0.5, 0.6) is 0 Å². The summed E-state index contributed by atoms with van der Waals surface area (Å²) in [6.45, 7) is 16.4. The molecule has 0 amide bonds. The number of nitrogens with zero attached hydrogens (tertiary/aromatic N) is 1. The Labute approximate surface area is 231 Å². The van der Waals surface area contributed by atoms with Gasteiger partial charge in [-0.1, -0.05) is 72.7 Å². The molecular formula is C37H37NO. The summed E-state index contributed by atoms with van der Waals surface area (Å²) in [5.41, 5.74) is 8.71. The molecule has 1 aliphatic carbocycles. The third-order valence-electron chi connectivity index (χ3n) is 9.25. The molecule has 7 rings (SSSR count). The van der Waals surface area contributed by atoms with Crippen LogP contribution >= 0.6 is 0 Å². The quantitative estimate of drug-likeness (QED) is 0.219. The lowest BCUT2D eigenvalue weighted by atomic mass is 9.63. The third kappa shape index (κ3) is 3.79. The van der Waals surface area contributed by atoms with Gasteiger partial charge in [0.15, 0.2) is 0 Å². The van der Waals surface area contributed by atoms with Crippen molar-refractivity contribution in [1.82, 2.24) is 4.98 Å². The number of pyridine rings is 1. The van der Waals surface area contributed by atoms with E-state index in [1.54, 1.807) is 0 Å². The van der Waals surface area contributed by atoms with E-state index in [1.807, 2.05) is 6.20 Å². The van der Waals surface area contributed by atoms with Crippen LogP contribution in [0, 0.1) is 0 Å². The van der Waals surface area contributed by atoms with Gasteiger partial charge in [0.25, 0.3) is 0 Å². The maximum Gasteiger partial charge on any atom is 0.136 e. The van der Waals surface area contributed by atoms with Crippen LogP contribution in [0.4, 0.5) is 0 Å².